The normalized spacial score (nSPS) is 15.6. The lowest BCUT2D eigenvalue weighted by Gasteiger charge is -2.23. The van der Waals surface area contributed by atoms with Gasteiger partial charge in [0.15, 0.2) is 5.82 Å². The number of nitrogens with two attached hydrogens (primary N) is 1. The smallest absolute Gasteiger partial charge is 0.225 e. The van der Waals surface area contributed by atoms with Crippen LogP contribution < -0.4 is 11.1 Å². The zero-order chi connectivity index (χ0) is 15.5. The summed E-state index contributed by atoms with van der Waals surface area (Å²) in [4.78, 5) is 16.8. The molecule has 0 saturated heterocycles. The molecule has 6 nitrogen and oxygen atoms in total. The average molecular weight is 372 g/mol. The number of aromatic nitrogens is 3. The van der Waals surface area contributed by atoms with Crippen molar-refractivity contribution in [2.24, 2.45) is 0 Å². The number of benzene rings is 1. The van der Waals surface area contributed by atoms with Crippen molar-refractivity contribution in [3.8, 4) is 0 Å². The summed E-state index contributed by atoms with van der Waals surface area (Å²) >= 11 is 0. The number of hydrogen-bond donors (Lipinski definition) is 2. The highest BCUT2D eigenvalue weighted by Crippen LogP contribution is 2.23. The molecule has 1 aromatic heterocycles. The minimum atomic E-state index is -0.0390. The number of carbonyl (C=O) groups is 1. The van der Waals surface area contributed by atoms with Crippen molar-refractivity contribution in [3.63, 3.8) is 0 Å². The number of carbonyl (C=O) groups excluding carboxylic acids is 1. The van der Waals surface area contributed by atoms with Gasteiger partial charge < -0.3 is 11.1 Å². The molecule has 0 aliphatic carbocycles. The predicted molar refractivity (Wildman–Crippen MR) is 98.6 cm³/mol. The number of nitrogens with one attached hydrogen (secondary N) is 1. The molecule has 2 aromatic rings. The SMILES string of the molecule is CCc1nc2n(n1)CCCC2NC(=O)Cc1ccc(N)cc1.Cl.Cl. The Morgan fingerprint density at radius 3 is 2.71 bits per heavy atom. The van der Waals surface area contributed by atoms with E-state index in [2.05, 4.69) is 15.4 Å². The summed E-state index contributed by atoms with van der Waals surface area (Å²) in [6.07, 6.45) is 3.08. The van der Waals surface area contributed by atoms with Gasteiger partial charge in [0.25, 0.3) is 0 Å². The quantitative estimate of drug-likeness (QED) is 0.808. The number of hydrogen-bond acceptors (Lipinski definition) is 4. The van der Waals surface area contributed by atoms with Gasteiger partial charge in [0.05, 0.1) is 12.5 Å². The van der Waals surface area contributed by atoms with Gasteiger partial charge in [-0.25, -0.2) is 9.67 Å². The number of amides is 1. The summed E-state index contributed by atoms with van der Waals surface area (Å²) in [7, 11) is 0. The second-order valence-corrected chi connectivity index (χ2v) is 5.64. The van der Waals surface area contributed by atoms with Crippen molar-refractivity contribution >= 4 is 36.4 Å². The Morgan fingerprint density at radius 1 is 1.33 bits per heavy atom. The zero-order valence-electron chi connectivity index (χ0n) is 13.6. The van der Waals surface area contributed by atoms with Crippen molar-refractivity contribution in [3.05, 3.63) is 41.5 Å². The minimum absolute atomic E-state index is 0. The molecule has 24 heavy (non-hydrogen) atoms. The number of halogens is 2. The van der Waals surface area contributed by atoms with E-state index in [0.29, 0.717) is 12.1 Å². The molecule has 3 rings (SSSR count). The van der Waals surface area contributed by atoms with Gasteiger partial charge in [-0.15, -0.1) is 24.8 Å². The van der Waals surface area contributed by atoms with Crippen LogP contribution in [0.1, 0.15) is 43.0 Å². The van der Waals surface area contributed by atoms with E-state index in [1.165, 1.54) is 0 Å². The fourth-order valence-electron chi connectivity index (χ4n) is 2.75. The summed E-state index contributed by atoms with van der Waals surface area (Å²) in [5.74, 6) is 1.73. The van der Waals surface area contributed by atoms with Crippen molar-refractivity contribution in [2.45, 2.75) is 45.2 Å². The first-order valence-electron chi connectivity index (χ1n) is 7.73. The van der Waals surface area contributed by atoms with E-state index in [0.717, 1.165) is 43.0 Å². The Morgan fingerprint density at radius 2 is 2.04 bits per heavy atom. The standard InChI is InChI=1S/C16H21N5O.2ClH/c1-2-14-19-16-13(4-3-9-21(16)20-14)18-15(22)10-11-5-7-12(17)8-6-11;;/h5-8,13H,2-4,9-10,17H2,1H3,(H,18,22);2*1H. The molecule has 2 heterocycles. The van der Waals surface area contributed by atoms with Crippen LogP contribution in [0.15, 0.2) is 24.3 Å². The molecule has 0 spiro atoms. The first-order valence-corrected chi connectivity index (χ1v) is 7.73. The van der Waals surface area contributed by atoms with Crippen LogP contribution in [0, 0.1) is 0 Å². The number of anilines is 1. The first-order chi connectivity index (χ1) is 10.7. The average Bonchev–Trinajstić information content (AvgIpc) is 2.94. The largest absolute Gasteiger partial charge is 0.399 e. The molecular formula is C16H23Cl2N5O. The Balaban J connectivity index is 0.00000144. The fraction of sp³-hybridized carbons (Fsp3) is 0.438. The highest BCUT2D eigenvalue weighted by atomic mass is 35.5. The first kappa shape index (κ1) is 20.3. The molecule has 0 radical (unpaired) electrons. The lowest BCUT2D eigenvalue weighted by Crippen LogP contribution is -2.34. The summed E-state index contributed by atoms with van der Waals surface area (Å²) in [6, 6.07) is 7.35. The maximum Gasteiger partial charge on any atom is 0.225 e. The highest BCUT2D eigenvalue weighted by molar-refractivity contribution is 5.85. The second kappa shape index (κ2) is 8.89. The maximum atomic E-state index is 12.3. The van der Waals surface area contributed by atoms with Crippen LogP contribution in [0.25, 0.3) is 0 Å². The van der Waals surface area contributed by atoms with Gasteiger partial charge in [0.2, 0.25) is 5.91 Å². The van der Waals surface area contributed by atoms with Crippen molar-refractivity contribution in [1.82, 2.24) is 20.1 Å². The Hall–Kier alpha value is -1.79. The number of aryl methyl sites for hydroxylation is 2. The maximum absolute atomic E-state index is 12.3. The monoisotopic (exact) mass is 371 g/mol. The van der Waals surface area contributed by atoms with Crippen molar-refractivity contribution in [1.29, 1.82) is 0 Å². The number of nitrogens with zero attached hydrogens (tertiary/aromatic N) is 3. The molecule has 1 atom stereocenters. The van der Waals surface area contributed by atoms with E-state index in [-0.39, 0.29) is 36.8 Å². The van der Waals surface area contributed by atoms with Crippen LogP contribution in [0.5, 0.6) is 0 Å². The third-order valence-electron chi connectivity index (χ3n) is 3.91. The number of rotatable bonds is 4. The number of nitrogen functional groups attached to an aromatic ring is 1. The second-order valence-electron chi connectivity index (χ2n) is 5.64. The predicted octanol–water partition coefficient (Wildman–Crippen LogP) is 2.46. The molecule has 1 aliphatic heterocycles. The van der Waals surface area contributed by atoms with E-state index < -0.39 is 0 Å². The van der Waals surface area contributed by atoms with E-state index in [1.807, 2.05) is 35.9 Å². The Labute approximate surface area is 154 Å². The summed E-state index contributed by atoms with van der Waals surface area (Å²) in [6.45, 7) is 2.92. The van der Waals surface area contributed by atoms with Gasteiger partial charge in [0, 0.05) is 18.7 Å². The molecule has 1 amide bonds. The summed E-state index contributed by atoms with van der Waals surface area (Å²) < 4.78 is 1.93. The van der Waals surface area contributed by atoms with Crippen LogP contribution in [0.4, 0.5) is 5.69 Å². The van der Waals surface area contributed by atoms with Gasteiger partial charge >= 0.3 is 0 Å². The van der Waals surface area contributed by atoms with Crippen LogP contribution in [-0.2, 0) is 24.2 Å². The van der Waals surface area contributed by atoms with E-state index in [1.54, 1.807) is 0 Å². The fourth-order valence-corrected chi connectivity index (χ4v) is 2.75. The van der Waals surface area contributed by atoms with Crippen LogP contribution >= 0.6 is 24.8 Å². The van der Waals surface area contributed by atoms with Crippen molar-refractivity contribution < 1.29 is 4.79 Å². The zero-order valence-corrected chi connectivity index (χ0v) is 15.2. The van der Waals surface area contributed by atoms with Crippen LogP contribution in [-0.4, -0.2) is 20.7 Å². The summed E-state index contributed by atoms with van der Waals surface area (Å²) in [5.41, 5.74) is 7.32. The topological polar surface area (TPSA) is 85.8 Å². The third-order valence-corrected chi connectivity index (χ3v) is 3.91. The number of fused-ring (bicyclic) bond motifs is 1. The van der Waals surface area contributed by atoms with Crippen molar-refractivity contribution in [2.75, 3.05) is 5.73 Å². The summed E-state index contributed by atoms with van der Waals surface area (Å²) in [5, 5.41) is 7.54. The van der Waals surface area contributed by atoms with Gasteiger partial charge in [-0.05, 0) is 30.5 Å². The van der Waals surface area contributed by atoms with Gasteiger partial charge in [0.1, 0.15) is 5.82 Å². The molecule has 8 heteroatoms. The lowest BCUT2D eigenvalue weighted by atomic mass is 10.1. The third kappa shape index (κ3) is 4.61. The molecule has 132 valence electrons. The van der Waals surface area contributed by atoms with E-state index >= 15 is 0 Å². The van der Waals surface area contributed by atoms with Gasteiger partial charge in [-0.1, -0.05) is 19.1 Å². The molecule has 1 aromatic carbocycles. The molecule has 0 fully saturated rings. The molecule has 1 aliphatic rings. The Bertz CT molecular complexity index is 672. The molecular weight excluding hydrogens is 349 g/mol. The minimum Gasteiger partial charge on any atom is -0.399 e. The van der Waals surface area contributed by atoms with E-state index in [9.17, 15) is 4.79 Å². The highest BCUT2D eigenvalue weighted by Gasteiger charge is 2.25. The molecule has 3 N–H and O–H groups in total. The van der Waals surface area contributed by atoms with Crippen LogP contribution in [0.2, 0.25) is 0 Å². The molecule has 0 saturated carbocycles. The van der Waals surface area contributed by atoms with E-state index in [4.69, 9.17) is 5.73 Å². The van der Waals surface area contributed by atoms with Gasteiger partial charge in [-0.3, -0.25) is 4.79 Å². The lowest BCUT2D eigenvalue weighted by molar-refractivity contribution is -0.121. The van der Waals surface area contributed by atoms with Gasteiger partial charge in [-0.2, -0.15) is 5.10 Å². The Kier molecular flexibility index (Phi) is 7.51. The molecule has 1 unspecified atom stereocenters. The molecule has 0 bridgehead atoms. The van der Waals surface area contributed by atoms with Crippen LogP contribution in [0.3, 0.4) is 0 Å².